The number of Topliss-reactive ketones (excluding diaryl/α,β-unsaturated/α-hetero) is 1. The van der Waals surface area contributed by atoms with Gasteiger partial charge in [-0.1, -0.05) is 70.8 Å². The van der Waals surface area contributed by atoms with Crippen LogP contribution in [0.25, 0.3) is 0 Å². The summed E-state index contributed by atoms with van der Waals surface area (Å²) < 4.78 is 0. The normalized spacial score (nSPS) is 14.1. The minimum Gasteiger partial charge on any atom is -0.299 e. The first-order valence-corrected chi connectivity index (χ1v) is 8.14. The minimum absolute atomic E-state index is 0.00208. The van der Waals surface area contributed by atoms with Crippen LogP contribution in [0.2, 0.25) is 10.0 Å². The zero-order valence-electron chi connectivity index (χ0n) is 13.9. The first-order chi connectivity index (χ1) is 9.40. The number of rotatable bonds is 4. The molecule has 0 N–H and O–H groups in total. The number of halogens is 2. The van der Waals surface area contributed by atoms with Crippen molar-refractivity contribution < 1.29 is 4.79 Å². The van der Waals surface area contributed by atoms with E-state index in [-0.39, 0.29) is 16.7 Å². The molecule has 0 spiro atoms. The molecule has 118 valence electrons. The number of carbonyl (C=O) groups is 1. The Morgan fingerprint density at radius 3 is 2.05 bits per heavy atom. The number of ketones is 1. The van der Waals surface area contributed by atoms with Gasteiger partial charge in [0.1, 0.15) is 5.78 Å². The fourth-order valence-electron chi connectivity index (χ4n) is 2.56. The van der Waals surface area contributed by atoms with Gasteiger partial charge in [-0.3, -0.25) is 4.79 Å². The van der Waals surface area contributed by atoms with Gasteiger partial charge in [0, 0.05) is 11.3 Å². The molecule has 0 heterocycles. The molecule has 1 aromatic rings. The third kappa shape index (κ3) is 6.00. The van der Waals surface area contributed by atoms with E-state index in [1.165, 1.54) is 0 Å². The second kappa shape index (κ2) is 6.71. The van der Waals surface area contributed by atoms with E-state index in [0.717, 1.165) is 12.0 Å². The van der Waals surface area contributed by atoms with E-state index in [2.05, 4.69) is 20.8 Å². The van der Waals surface area contributed by atoms with Crippen LogP contribution < -0.4 is 0 Å². The van der Waals surface area contributed by atoms with Crippen LogP contribution >= 0.6 is 23.2 Å². The van der Waals surface area contributed by atoms with Gasteiger partial charge in [0.05, 0.1) is 10.0 Å². The van der Waals surface area contributed by atoms with Gasteiger partial charge in [-0.25, -0.2) is 0 Å². The number of hydrogen-bond acceptors (Lipinski definition) is 1. The van der Waals surface area contributed by atoms with E-state index < -0.39 is 0 Å². The molecule has 1 rings (SSSR count). The van der Waals surface area contributed by atoms with Crippen molar-refractivity contribution >= 4 is 29.0 Å². The smallest absolute Gasteiger partial charge is 0.141 e. The number of carbonyl (C=O) groups excluding carboxylic acids is 1. The molecule has 0 bridgehead atoms. The summed E-state index contributed by atoms with van der Waals surface area (Å²) in [6.07, 6.45) is 1.58. The Morgan fingerprint density at radius 2 is 1.62 bits per heavy atom. The van der Waals surface area contributed by atoms with Gasteiger partial charge in [0.25, 0.3) is 0 Å². The Morgan fingerprint density at radius 1 is 1.05 bits per heavy atom. The lowest BCUT2D eigenvalue weighted by Gasteiger charge is -2.30. The van der Waals surface area contributed by atoms with Gasteiger partial charge in [0.2, 0.25) is 0 Å². The molecule has 0 aromatic heterocycles. The van der Waals surface area contributed by atoms with Crippen LogP contribution in [-0.4, -0.2) is 5.78 Å². The monoisotopic (exact) mass is 328 g/mol. The lowest BCUT2D eigenvalue weighted by atomic mass is 9.73. The minimum atomic E-state index is -0.327. The maximum atomic E-state index is 12.7. The summed E-state index contributed by atoms with van der Waals surface area (Å²) in [5.41, 5.74) is 0.852. The summed E-state index contributed by atoms with van der Waals surface area (Å²) in [4.78, 5) is 12.7. The number of hydrogen-bond donors (Lipinski definition) is 0. The van der Waals surface area contributed by atoms with Gasteiger partial charge < -0.3 is 0 Å². The fraction of sp³-hybridized carbons (Fsp3) is 0.611. The second-order valence-electron chi connectivity index (χ2n) is 8.03. The van der Waals surface area contributed by atoms with Crippen molar-refractivity contribution in [3.8, 4) is 0 Å². The van der Waals surface area contributed by atoms with Crippen LogP contribution in [0.15, 0.2) is 18.2 Å². The lowest BCUT2D eigenvalue weighted by molar-refractivity contribution is -0.131. The number of benzene rings is 1. The Hall–Kier alpha value is -0.530. The highest BCUT2D eigenvalue weighted by atomic mass is 35.5. The first-order valence-electron chi connectivity index (χ1n) is 7.38. The fourth-order valence-corrected chi connectivity index (χ4v) is 2.88. The molecule has 1 atom stereocenters. The Balaban J connectivity index is 3.01. The Kier molecular flexibility index (Phi) is 5.91. The van der Waals surface area contributed by atoms with Gasteiger partial charge in [0.15, 0.2) is 0 Å². The maximum absolute atomic E-state index is 12.7. The van der Waals surface area contributed by atoms with Crippen LogP contribution in [0, 0.1) is 16.7 Å². The van der Waals surface area contributed by atoms with E-state index in [1.54, 1.807) is 6.07 Å². The molecule has 0 aliphatic rings. The average Bonchev–Trinajstić information content (AvgIpc) is 2.29. The van der Waals surface area contributed by atoms with Crippen molar-refractivity contribution in [2.24, 2.45) is 16.7 Å². The zero-order chi connectivity index (χ0) is 16.4. The van der Waals surface area contributed by atoms with Crippen LogP contribution in [0.5, 0.6) is 0 Å². The zero-order valence-corrected chi connectivity index (χ0v) is 15.4. The van der Waals surface area contributed by atoms with Crippen molar-refractivity contribution in [1.82, 2.24) is 0 Å². The predicted octanol–water partition coefficient (Wildman–Crippen LogP) is 6.20. The van der Waals surface area contributed by atoms with Gasteiger partial charge >= 0.3 is 0 Å². The Bertz CT molecular complexity index is 507. The van der Waals surface area contributed by atoms with Gasteiger partial charge in [-0.05, 0) is 36.0 Å². The van der Waals surface area contributed by atoms with Crippen LogP contribution in [0.4, 0.5) is 0 Å². The van der Waals surface area contributed by atoms with E-state index in [9.17, 15) is 4.79 Å². The highest BCUT2D eigenvalue weighted by molar-refractivity contribution is 6.42. The summed E-state index contributed by atoms with van der Waals surface area (Å²) in [6, 6.07) is 5.63. The SMILES string of the molecule is CC(C)(C)CC(Cc1ccc(Cl)c(Cl)c1)C(=O)C(C)(C)C. The van der Waals surface area contributed by atoms with Crippen molar-refractivity contribution in [3.05, 3.63) is 33.8 Å². The summed E-state index contributed by atoms with van der Waals surface area (Å²) in [5, 5.41) is 1.10. The van der Waals surface area contributed by atoms with E-state index in [0.29, 0.717) is 22.2 Å². The van der Waals surface area contributed by atoms with Gasteiger partial charge in [-0.15, -0.1) is 0 Å². The first kappa shape index (κ1) is 18.5. The van der Waals surface area contributed by atoms with Crippen LogP contribution in [-0.2, 0) is 11.2 Å². The lowest BCUT2D eigenvalue weighted by Crippen LogP contribution is -2.32. The summed E-state index contributed by atoms with van der Waals surface area (Å²) >= 11 is 12.0. The van der Waals surface area contributed by atoms with Crippen molar-refractivity contribution in [2.45, 2.75) is 54.4 Å². The van der Waals surface area contributed by atoms with Crippen molar-refractivity contribution in [2.75, 3.05) is 0 Å². The van der Waals surface area contributed by atoms with Gasteiger partial charge in [-0.2, -0.15) is 0 Å². The van der Waals surface area contributed by atoms with E-state index in [4.69, 9.17) is 23.2 Å². The standard InChI is InChI=1S/C18H26Cl2O/c1-17(2,3)11-13(16(21)18(4,5)6)9-12-7-8-14(19)15(20)10-12/h7-8,10,13H,9,11H2,1-6H3. The summed E-state index contributed by atoms with van der Waals surface area (Å²) in [7, 11) is 0. The molecule has 0 saturated heterocycles. The largest absolute Gasteiger partial charge is 0.299 e. The molecule has 0 fully saturated rings. The molecule has 1 nitrogen and oxygen atoms in total. The van der Waals surface area contributed by atoms with Crippen LogP contribution in [0.3, 0.4) is 0 Å². The second-order valence-corrected chi connectivity index (χ2v) is 8.84. The predicted molar refractivity (Wildman–Crippen MR) is 92.2 cm³/mol. The third-order valence-electron chi connectivity index (χ3n) is 3.43. The molecule has 21 heavy (non-hydrogen) atoms. The molecule has 0 saturated carbocycles. The molecule has 3 heteroatoms. The highest BCUT2D eigenvalue weighted by Crippen LogP contribution is 2.33. The maximum Gasteiger partial charge on any atom is 0.141 e. The molecule has 0 radical (unpaired) electrons. The van der Waals surface area contributed by atoms with Crippen LogP contribution in [0.1, 0.15) is 53.5 Å². The highest BCUT2D eigenvalue weighted by Gasteiger charge is 2.32. The molecular formula is C18H26Cl2O. The molecule has 1 unspecified atom stereocenters. The molecule has 1 aromatic carbocycles. The molecule has 0 amide bonds. The quantitative estimate of drug-likeness (QED) is 0.642. The summed E-state index contributed by atoms with van der Waals surface area (Å²) in [6.45, 7) is 12.5. The molecule has 0 aliphatic carbocycles. The Labute approximate surface area is 139 Å². The summed E-state index contributed by atoms with van der Waals surface area (Å²) in [5.74, 6) is 0.311. The molecule has 0 aliphatic heterocycles. The van der Waals surface area contributed by atoms with E-state index >= 15 is 0 Å². The van der Waals surface area contributed by atoms with Crippen molar-refractivity contribution in [3.63, 3.8) is 0 Å². The molecular weight excluding hydrogens is 303 g/mol. The average molecular weight is 329 g/mol. The van der Waals surface area contributed by atoms with E-state index in [1.807, 2.05) is 32.9 Å². The topological polar surface area (TPSA) is 17.1 Å². The van der Waals surface area contributed by atoms with Crippen molar-refractivity contribution in [1.29, 1.82) is 0 Å². The third-order valence-corrected chi connectivity index (χ3v) is 4.17.